The fraction of sp³-hybridized carbons (Fsp3) is 0.643. The van der Waals surface area contributed by atoms with Gasteiger partial charge in [0.2, 0.25) is 6.10 Å². The zero-order valence-electron chi connectivity index (χ0n) is 13.6. The molecule has 0 amide bonds. The van der Waals surface area contributed by atoms with Crippen LogP contribution >= 0.6 is 0 Å². The Morgan fingerprint density at radius 1 is 0.958 bits per heavy atom. The normalized spacial score (nSPS) is 23.7. The minimum Gasteiger partial charge on any atom is -0.462 e. The molecule has 0 N–H and O–H groups in total. The van der Waals surface area contributed by atoms with E-state index in [0.29, 0.717) is 0 Å². The van der Waals surface area contributed by atoms with Crippen LogP contribution in [0.15, 0.2) is 0 Å². The average molecular weight is 346 g/mol. The van der Waals surface area contributed by atoms with Gasteiger partial charge in [0.25, 0.3) is 0 Å². The molecule has 0 aromatic heterocycles. The summed E-state index contributed by atoms with van der Waals surface area (Å²) in [5.74, 6) is -3.92. The summed E-state index contributed by atoms with van der Waals surface area (Å²) in [5.41, 5.74) is 0. The minimum atomic E-state index is -1.51. The third-order valence-electron chi connectivity index (χ3n) is 2.84. The molecule has 0 unspecified atom stereocenters. The van der Waals surface area contributed by atoms with Crippen LogP contribution in [-0.2, 0) is 47.7 Å². The van der Waals surface area contributed by atoms with Crippen molar-refractivity contribution >= 4 is 29.8 Å². The van der Waals surface area contributed by atoms with Gasteiger partial charge in [0, 0.05) is 27.7 Å². The molecule has 0 aromatic rings. The van der Waals surface area contributed by atoms with E-state index in [-0.39, 0.29) is 0 Å². The van der Waals surface area contributed by atoms with Gasteiger partial charge in [-0.2, -0.15) is 0 Å². The highest BCUT2D eigenvalue weighted by Crippen LogP contribution is 2.27. The van der Waals surface area contributed by atoms with Gasteiger partial charge in [-0.3, -0.25) is 19.2 Å². The molecule has 1 saturated heterocycles. The Balaban J connectivity index is 3.05. The molecule has 1 heterocycles. The number of hydrogen-bond acceptors (Lipinski definition) is 10. The van der Waals surface area contributed by atoms with E-state index in [2.05, 4.69) is 0 Å². The standard InChI is InChI=1S/C14H18O10/c1-6(15)20-5-10(21-7(2)16)11-12(22-8(3)17)13(14(19)24-11)23-9(4)18/h10-13H,5H2,1-4H3/t10-,11+,12+,13-/m0/s1. The molecule has 1 fully saturated rings. The zero-order valence-corrected chi connectivity index (χ0v) is 13.6. The Morgan fingerprint density at radius 2 is 1.54 bits per heavy atom. The SMILES string of the molecule is CC(=O)OC[C@H](OC(C)=O)[C@H]1OC(=O)[C@@H](OC(C)=O)[C@@H]1OC(C)=O. The van der Waals surface area contributed by atoms with Crippen LogP contribution in [0.1, 0.15) is 27.7 Å². The van der Waals surface area contributed by atoms with Gasteiger partial charge < -0.3 is 23.7 Å². The highest BCUT2D eigenvalue weighted by molar-refractivity contribution is 5.82. The third kappa shape index (κ3) is 5.52. The molecule has 24 heavy (non-hydrogen) atoms. The molecule has 4 atom stereocenters. The van der Waals surface area contributed by atoms with Crippen LogP contribution < -0.4 is 0 Å². The highest BCUT2D eigenvalue weighted by atomic mass is 16.7. The molecule has 1 rings (SSSR count). The fourth-order valence-electron chi connectivity index (χ4n) is 2.09. The molecule has 0 spiro atoms. The predicted molar refractivity (Wildman–Crippen MR) is 73.2 cm³/mol. The van der Waals surface area contributed by atoms with Crippen LogP contribution in [0.3, 0.4) is 0 Å². The molecule has 134 valence electrons. The summed E-state index contributed by atoms with van der Waals surface area (Å²) in [4.78, 5) is 56.5. The van der Waals surface area contributed by atoms with Crippen molar-refractivity contribution in [3.8, 4) is 0 Å². The lowest BCUT2D eigenvalue weighted by molar-refractivity contribution is -0.177. The second kappa shape index (κ2) is 8.27. The van der Waals surface area contributed by atoms with Crippen molar-refractivity contribution in [3.05, 3.63) is 0 Å². The van der Waals surface area contributed by atoms with Gasteiger partial charge in [-0.05, 0) is 0 Å². The number of esters is 5. The Bertz CT molecular complexity index is 540. The van der Waals surface area contributed by atoms with Gasteiger partial charge in [-0.15, -0.1) is 0 Å². The van der Waals surface area contributed by atoms with Gasteiger partial charge >= 0.3 is 29.8 Å². The van der Waals surface area contributed by atoms with Gasteiger partial charge in [-0.25, -0.2) is 4.79 Å². The van der Waals surface area contributed by atoms with Crippen LogP contribution in [0.4, 0.5) is 0 Å². The van der Waals surface area contributed by atoms with Gasteiger partial charge in [0.05, 0.1) is 0 Å². The summed E-state index contributed by atoms with van der Waals surface area (Å²) in [5, 5.41) is 0. The van der Waals surface area contributed by atoms with E-state index < -0.39 is 60.9 Å². The largest absolute Gasteiger partial charge is 0.462 e. The summed E-state index contributed by atoms with van der Waals surface area (Å²) < 4.78 is 24.6. The molecule has 1 aliphatic heterocycles. The van der Waals surface area contributed by atoms with Gasteiger partial charge in [-0.1, -0.05) is 0 Å². The second-order valence-electron chi connectivity index (χ2n) is 4.96. The number of ether oxygens (including phenoxy) is 5. The van der Waals surface area contributed by atoms with Crippen LogP contribution in [-0.4, -0.2) is 60.9 Å². The quantitative estimate of drug-likeness (QED) is 0.448. The predicted octanol–water partition coefficient (Wildman–Crippen LogP) is -0.730. The van der Waals surface area contributed by atoms with E-state index in [4.69, 9.17) is 23.7 Å². The van der Waals surface area contributed by atoms with E-state index in [9.17, 15) is 24.0 Å². The van der Waals surface area contributed by atoms with E-state index in [1.807, 2.05) is 0 Å². The molecule has 0 aromatic carbocycles. The Morgan fingerprint density at radius 3 is 2.00 bits per heavy atom. The lowest BCUT2D eigenvalue weighted by Crippen LogP contribution is -2.46. The van der Waals surface area contributed by atoms with Gasteiger partial charge in [0.1, 0.15) is 6.61 Å². The Kier molecular flexibility index (Phi) is 6.69. The van der Waals surface area contributed by atoms with Crippen molar-refractivity contribution < 1.29 is 47.7 Å². The smallest absolute Gasteiger partial charge is 0.352 e. The van der Waals surface area contributed by atoms with Crippen LogP contribution in [0.2, 0.25) is 0 Å². The number of carbonyl (C=O) groups is 5. The molecule has 10 heteroatoms. The number of carbonyl (C=O) groups excluding carboxylic acids is 5. The van der Waals surface area contributed by atoms with Crippen molar-refractivity contribution in [1.82, 2.24) is 0 Å². The molecule has 0 aliphatic carbocycles. The maximum atomic E-state index is 11.9. The molecule has 1 aliphatic rings. The van der Waals surface area contributed by atoms with E-state index in [1.54, 1.807) is 0 Å². The number of rotatable bonds is 6. The van der Waals surface area contributed by atoms with Crippen molar-refractivity contribution in [1.29, 1.82) is 0 Å². The summed E-state index contributed by atoms with van der Waals surface area (Å²) in [6.45, 7) is 3.95. The Hall–Kier alpha value is -2.65. The van der Waals surface area contributed by atoms with E-state index in [0.717, 1.165) is 27.7 Å². The first-order valence-electron chi connectivity index (χ1n) is 6.97. The monoisotopic (exact) mass is 346 g/mol. The first-order valence-corrected chi connectivity index (χ1v) is 6.97. The molecular weight excluding hydrogens is 328 g/mol. The maximum Gasteiger partial charge on any atom is 0.352 e. The highest BCUT2D eigenvalue weighted by Gasteiger charge is 2.54. The zero-order chi connectivity index (χ0) is 18.4. The third-order valence-corrected chi connectivity index (χ3v) is 2.84. The van der Waals surface area contributed by atoms with Crippen molar-refractivity contribution in [3.63, 3.8) is 0 Å². The minimum absolute atomic E-state index is 0.433. The fourth-order valence-corrected chi connectivity index (χ4v) is 2.09. The van der Waals surface area contributed by atoms with Crippen LogP contribution in [0.25, 0.3) is 0 Å². The maximum absolute atomic E-state index is 11.9. The second-order valence-corrected chi connectivity index (χ2v) is 4.96. The molecule has 0 bridgehead atoms. The van der Waals surface area contributed by atoms with Gasteiger partial charge in [0.15, 0.2) is 18.3 Å². The number of hydrogen-bond donors (Lipinski definition) is 0. The first-order chi connectivity index (χ1) is 11.1. The molecule has 0 saturated carbocycles. The summed E-state index contributed by atoms with van der Waals surface area (Å²) in [7, 11) is 0. The van der Waals surface area contributed by atoms with Crippen LogP contribution in [0, 0.1) is 0 Å². The van der Waals surface area contributed by atoms with Crippen molar-refractivity contribution in [2.75, 3.05) is 6.61 Å². The van der Waals surface area contributed by atoms with Crippen molar-refractivity contribution in [2.45, 2.75) is 52.1 Å². The summed E-state index contributed by atoms with van der Waals surface area (Å²) in [6, 6.07) is 0. The van der Waals surface area contributed by atoms with Crippen LogP contribution in [0.5, 0.6) is 0 Å². The lowest BCUT2D eigenvalue weighted by atomic mass is 10.1. The molecule has 0 radical (unpaired) electrons. The molecule has 10 nitrogen and oxygen atoms in total. The topological polar surface area (TPSA) is 132 Å². The van der Waals surface area contributed by atoms with Crippen molar-refractivity contribution in [2.24, 2.45) is 0 Å². The lowest BCUT2D eigenvalue weighted by Gasteiger charge is -2.26. The summed E-state index contributed by atoms with van der Waals surface area (Å²) in [6.07, 6.45) is -5.39. The van der Waals surface area contributed by atoms with E-state index >= 15 is 0 Å². The Labute approximate surface area is 137 Å². The average Bonchev–Trinajstić information content (AvgIpc) is 2.70. The molecular formula is C14H18O10. The first kappa shape index (κ1) is 19.4. The number of cyclic esters (lactones) is 1. The summed E-state index contributed by atoms with van der Waals surface area (Å²) >= 11 is 0. The van der Waals surface area contributed by atoms with E-state index in [1.165, 1.54) is 0 Å².